The first-order valence-corrected chi connectivity index (χ1v) is 3.40. The second kappa shape index (κ2) is 2.35. The standard InChI is InChI=1S/C6H10F3NO/c1-5(11,6(7,8)9)10-3-2-4-10/h11H,2-4H2,1H3. The van der Waals surface area contributed by atoms with Gasteiger partial charge in [0.25, 0.3) is 0 Å². The van der Waals surface area contributed by atoms with Crippen LogP contribution in [0.3, 0.4) is 0 Å². The first kappa shape index (κ1) is 8.80. The molecule has 1 atom stereocenters. The molecule has 0 spiro atoms. The van der Waals surface area contributed by atoms with Gasteiger partial charge < -0.3 is 5.11 Å². The van der Waals surface area contributed by atoms with Gasteiger partial charge in [0.05, 0.1) is 0 Å². The van der Waals surface area contributed by atoms with Gasteiger partial charge in [-0.05, 0) is 13.3 Å². The molecule has 11 heavy (non-hydrogen) atoms. The van der Waals surface area contributed by atoms with E-state index in [4.69, 9.17) is 5.11 Å². The first-order valence-electron chi connectivity index (χ1n) is 3.40. The Morgan fingerprint density at radius 2 is 1.73 bits per heavy atom. The number of rotatable bonds is 1. The Hall–Kier alpha value is -0.290. The molecule has 5 heteroatoms. The van der Waals surface area contributed by atoms with Gasteiger partial charge in [-0.25, -0.2) is 0 Å². The quantitative estimate of drug-likeness (QED) is 0.632. The van der Waals surface area contributed by atoms with E-state index in [0.29, 0.717) is 13.1 Å². The number of alkyl halides is 3. The van der Waals surface area contributed by atoms with Crippen LogP contribution >= 0.6 is 0 Å². The zero-order valence-electron chi connectivity index (χ0n) is 6.15. The number of aliphatic hydroxyl groups is 1. The minimum absolute atomic E-state index is 0.326. The van der Waals surface area contributed by atoms with Crippen LogP contribution in [0.15, 0.2) is 0 Å². The smallest absolute Gasteiger partial charge is 0.368 e. The zero-order chi connectivity index (χ0) is 8.70. The second-order valence-corrected chi connectivity index (χ2v) is 2.86. The van der Waals surface area contributed by atoms with E-state index in [1.807, 2.05) is 0 Å². The van der Waals surface area contributed by atoms with Crippen LogP contribution in [0.2, 0.25) is 0 Å². The lowest BCUT2D eigenvalue weighted by atomic mass is 10.1. The third kappa shape index (κ3) is 1.35. The lowest BCUT2D eigenvalue weighted by Crippen LogP contribution is -2.61. The number of halogens is 3. The van der Waals surface area contributed by atoms with Crippen molar-refractivity contribution in [2.45, 2.75) is 25.2 Å². The Balaban J connectivity index is 2.64. The van der Waals surface area contributed by atoms with Crippen molar-refractivity contribution in [3.63, 3.8) is 0 Å². The molecule has 1 rings (SSSR count). The number of hydrogen-bond donors (Lipinski definition) is 1. The van der Waals surface area contributed by atoms with Crippen LogP contribution in [0.1, 0.15) is 13.3 Å². The van der Waals surface area contributed by atoms with Crippen LogP contribution in [0.5, 0.6) is 0 Å². The van der Waals surface area contributed by atoms with E-state index < -0.39 is 11.9 Å². The summed E-state index contributed by atoms with van der Waals surface area (Å²) in [7, 11) is 0. The number of nitrogens with zero attached hydrogens (tertiary/aromatic N) is 1. The summed E-state index contributed by atoms with van der Waals surface area (Å²) >= 11 is 0. The van der Waals surface area contributed by atoms with Gasteiger partial charge in [0, 0.05) is 13.1 Å². The summed E-state index contributed by atoms with van der Waals surface area (Å²) in [6.45, 7) is 1.44. The molecule has 0 aromatic carbocycles. The predicted octanol–water partition coefficient (Wildman–Crippen LogP) is 0.963. The number of hydrogen-bond acceptors (Lipinski definition) is 2. The Bertz CT molecular complexity index is 150. The largest absolute Gasteiger partial charge is 0.430 e. The van der Waals surface area contributed by atoms with E-state index in [-0.39, 0.29) is 0 Å². The summed E-state index contributed by atoms with van der Waals surface area (Å²) < 4.78 is 36.0. The van der Waals surface area contributed by atoms with Crippen molar-refractivity contribution < 1.29 is 18.3 Å². The maximum Gasteiger partial charge on any atom is 0.430 e. The molecule has 1 N–H and O–H groups in total. The SMILES string of the molecule is CC(O)(N1CCC1)C(F)(F)F. The Morgan fingerprint density at radius 1 is 1.27 bits per heavy atom. The van der Waals surface area contributed by atoms with Crippen molar-refractivity contribution in [2.75, 3.05) is 13.1 Å². The monoisotopic (exact) mass is 169 g/mol. The van der Waals surface area contributed by atoms with Gasteiger partial charge in [0.1, 0.15) is 0 Å². The molecule has 66 valence electrons. The van der Waals surface area contributed by atoms with E-state index in [2.05, 4.69) is 0 Å². The lowest BCUT2D eigenvalue weighted by Gasteiger charge is -2.43. The molecule has 0 aliphatic carbocycles. The third-order valence-corrected chi connectivity index (χ3v) is 2.01. The molecular formula is C6H10F3NO. The highest BCUT2D eigenvalue weighted by atomic mass is 19.4. The van der Waals surface area contributed by atoms with E-state index >= 15 is 0 Å². The second-order valence-electron chi connectivity index (χ2n) is 2.86. The van der Waals surface area contributed by atoms with E-state index in [0.717, 1.165) is 18.2 Å². The zero-order valence-corrected chi connectivity index (χ0v) is 6.15. The van der Waals surface area contributed by atoms with Crippen LogP contribution in [-0.2, 0) is 0 Å². The van der Waals surface area contributed by atoms with Crippen molar-refractivity contribution in [1.29, 1.82) is 0 Å². The average Bonchev–Trinajstić information content (AvgIpc) is 1.53. The van der Waals surface area contributed by atoms with Crippen molar-refractivity contribution >= 4 is 0 Å². The molecular weight excluding hydrogens is 159 g/mol. The van der Waals surface area contributed by atoms with E-state index in [1.54, 1.807) is 0 Å². The summed E-state index contributed by atoms with van der Waals surface area (Å²) in [6, 6.07) is 0. The molecule has 1 heterocycles. The molecule has 1 fully saturated rings. The molecule has 0 aromatic heterocycles. The summed E-state index contributed by atoms with van der Waals surface area (Å²) in [5.74, 6) is 0. The average molecular weight is 169 g/mol. The maximum absolute atomic E-state index is 12.0. The molecule has 0 aromatic rings. The normalized spacial score (nSPS) is 25.9. The van der Waals surface area contributed by atoms with Crippen LogP contribution in [0.4, 0.5) is 13.2 Å². The molecule has 0 radical (unpaired) electrons. The summed E-state index contributed by atoms with van der Waals surface area (Å²) in [4.78, 5) is 1.01. The molecule has 1 aliphatic heterocycles. The van der Waals surface area contributed by atoms with E-state index in [1.165, 1.54) is 0 Å². The fraction of sp³-hybridized carbons (Fsp3) is 1.00. The molecule has 1 unspecified atom stereocenters. The molecule has 1 saturated heterocycles. The molecule has 0 bridgehead atoms. The van der Waals surface area contributed by atoms with Gasteiger partial charge in [-0.15, -0.1) is 0 Å². The maximum atomic E-state index is 12.0. The lowest BCUT2D eigenvalue weighted by molar-refractivity contribution is -0.317. The van der Waals surface area contributed by atoms with Gasteiger partial charge in [0.2, 0.25) is 5.72 Å². The minimum atomic E-state index is -4.55. The van der Waals surface area contributed by atoms with Gasteiger partial charge in [-0.3, -0.25) is 4.90 Å². The third-order valence-electron chi connectivity index (χ3n) is 2.01. The van der Waals surface area contributed by atoms with Gasteiger partial charge in [-0.2, -0.15) is 13.2 Å². The molecule has 2 nitrogen and oxygen atoms in total. The molecule has 1 aliphatic rings. The van der Waals surface area contributed by atoms with E-state index in [9.17, 15) is 13.2 Å². The van der Waals surface area contributed by atoms with Crippen molar-refractivity contribution in [3.05, 3.63) is 0 Å². The van der Waals surface area contributed by atoms with Gasteiger partial charge >= 0.3 is 6.18 Å². The topological polar surface area (TPSA) is 23.5 Å². The number of likely N-dealkylation sites (tertiary alicyclic amines) is 1. The van der Waals surface area contributed by atoms with Crippen LogP contribution in [-0.4, -0.2) is 35.0 Å². The van der Waals surface area contributed by atoms with Crippen molar-refractivity contribution in [3.8, 4) is 0 Å². The highest BCUT2D eigenvalue weighted by Crippen LogP contribution is 2.35. The molecule has 0 saturated carbocycles. The van der Waals surface area contributed by atoms with Crippen molar-refractivity contribution in [2.24, 2.45) is 0 Å². The Kier molecular flexibility index (Phi) is 1.88. The predicted molar refractivity (Wildman–Crippen MR) is 32.9 cm³/mol. The molecule has 0 amide bonds. The van der Waals surface area contributed by atoms with Crippen LogP contribution < -0.4 is 0 Å². The highest BCUT2D eigenvalue weighted by Gasteiger charge is 2.55. The van der Waals surface area contributed by atoms with Crippen LogP contribution in [0, 0.1) is 0 Å². The van der Waals surface area contributed by atoms with Crippen molar-refractivity contribution in [1.82, 2.24) is 4.90 Å². The summed E-state index contributed by atoms with van der Waals surface area (Å²) in [5.41, 5.74) is -2.63. The summed E-state index contributed by atoms with van der Waals surface area (Å²) in [5, 5.41) is 8.97. The Morgan fingerprint density at radius 3 is 1.82 bits per heavy atom. The summed E-state index contributed by atoms with van der Waals surface area (Å²) in [6.07, 6.45) is -3.82. The highest BCUT2D eigenvalue weighted by molar-refractivity contribution is 4.86. The first-order chi connectivity index (χ1) is 4.86. The van der Waals surface area contributed by atoms with Gasteiger partial charge in [-0.1, -0.05) is 0 Å². The van der Waals surface area contributed by atoms with Crippen LogP contribution in [0.25, 0.3) is 0 Å². The fourth-order valence-electron chi connectivity index (χ4n) is 0.931. The van der Waals surface area contributed by atoms with Gasteiger partial charge in [0.15, 0.2) is 0 Å². The minimum Gasteiger partial charge on any atom is -0.368 e. The Labute approximate surface area is 62.6 Å². The fourth-order valence-corrected chi connectivity index (χ4v) is 0.931.